The highest BCUT2D eigenvalue weighted by Crippen LogP contribution is 2.30. The molecular formula is C17H20F4N2O. The summed E-state index contributed by atoms with van der Waals surface area (Å²) in [6, 6.07) is 2.51. The topological polar surface area (TPSA) is 32.3 Å². The SMILES string of the molecule is CC(=O)NCCC1=CCCN(Cc2cc(C(F)(F)F)ccc2F)C1. The van der Waals surface area contributed by atoms with Gasteiger partial charge in [-0.3, -0.25) is 9.69 Å². The van der Waals surface area contributed by atoms with E-state index >= 15 is 0 Å². The number of alkyl halides is 3. The zero-order valence-corrected chi connectivity index (χ0v) is 13.4. The van der Waals surface area contributed by atoms with Gasteiger partial charge in [0.25, 0.3) is 0 Å². The van der Waals surface area contributed by atoms with Gasteiger partial charge in [0.15, 0.2) is 0 Å². The van der Waals surface area contributed by atoms with E-state index in [0.717, 1.165) is 30.2 Å². The van der Waals surface area contributed by atoms with Crippen LogP contribution in [0.4, 0.5) is 17.6 Å². The number of carbonyl (C=O) groups is 1. The molecule has 1 aromatic rings. The van der Waals surface area contributed by atoms with E-state index in [-0.39, 0.29) is 18.0 Å². The molecule has 3 nitrogen and oxygen atoms in total. The first-order valence-corrected chi connectivity index (χ1v) is 7.76. The van der Waals surface area contributed by atoms with Gasteiger partial charge in [-0.15, -0.1) is 0 Å². The van der Waals surface area contributed by atoms with Gasteiger partial charge < -0.3 is 5.32 Å². The van der Waals surface area contributed by atoms with Crippen LogP contribution in [0.1, 0.15) is 30.9 Å². The number of rotatable bonds is 5. The lowest BCUT2D eigenvalue weighted by molar-refractivity contribution is -0.137. The first kappa shape index (κ1) is 18.4. The molecule has 24 heavy (non-hydrogen) atoms. The maximum atomic E-state index is 13.8. The van der Waals surface area contributed by atoms with E-state index in [9.17, 15) is 22.4 Å². The molecule has 0 saturated heterocycles. The Hall–Kier alpha value is -1.89. The Labute approximate surface area is 138 Å². The number of amides is 1. The summed E-state index contributed by atoms with van der Waals surface area (Å²) < 4.78 is 52.1. The van der Waals surface area contributed by atoms with Gasteiger partial charge in [-0.1, -0.05) is 11.6 Å². The van der Waals surface area contributed by atoms with Gasteiger partial charge in [0, 0.05) is 38.7 Å². The van der Waals surface area contributed by atoms with E-state index in [4.69, 9.17) is 0 Å². The van der Waals surface area contributed by atoms with Crippen LogP contribution in [0.25, 0.3) is 0 Å². The largest absolute Gasteiger partial charge is 0.416 e. The third-order valence-corrected chi connectivity index (χ3v) is 3.89. The van der Waals surface area contributed by atoms with Gasteiger partial charge in [0.05, 0.1) is 5.56 Å². The minimum atomic E-state index is -4.48. The predicted octanol–water partition coefficient (Wildman–Crippen LogP) is 3.50. The van der Waals surface area contributed by atoms with Gasteiger partial charge in [-0.25, -0.2) is 4.39 Å². The molecule has 0 bridgehead atoms. The molecule has 132 valence electrons. The molecule has 0 spiro atoms. The first-order chi connectivity index (χ1) is 11.3. The van der Waals surface area contributed by atoms with Crippen molar-refractivity contribution in [1.82, 2.24) is 10.2 Å². The molecule has 0 saturated carbocycles. The van der Waals surface area contributed by atoms with E-state index in [1.54, 1.807) is 0 Å². The highest BCUT2D eigenvalue weighted by molar-refractivity contribution is 5.72. The number of nitrogens with one attached hydrogen (secondary N) is 1. The number of benzene rings is 1. The van der Waals surface area contributed by atoms with Crippen LogP contribution in [-0.2, 0) is 17.5 Å². The zero-order valence-electron chi connectivity index (χ0n) is 13.4. The molecule has 1 aliphatic rings. The van der Waals surface area contributed by atoms with Crippen LogP contribution < -0.4 is 5.32 Å². The van der Waals surface area contributed by atoms with Crippen LogP contribution in [-0.4, -0.2) is 30.4 Å². The summed E-state index contributed by atoms with van der Waals surface area (Å²) in [5, 5.41) is 2.71. The fraction of sp³-hybridized carbons (Fsp3) is 0.471. The van der Waals surface area contributed by atoms with Crippen molar-refractivity contribution in [2.45, 2.75) is 32.5 Å². The summed E-state index contributed by atoms with van der Waals surface area (Å²) in [7, 11) is 0. The van der Waals surface area contributed by atoms with E-state index in [1.807, 2.05) is 4.90 Å². The third-order valence-electron chi connectivity index (χ3n) is 3.89. The molecular weight excluding hydrogens is 324 g/mol. The summed E-state index contributed by atoms with van der Waals surface area (Å²) in [5.41, 5.74) is 0.313. The van der Waals surface area contributed by atoms with Gasteiger partial charge in [0.1, 0.15) is 5.82 Å². The first-order valence-electron chi connectivity index (χ1n) is 7.76. The summed E-state index contributed by atoms with van der Waals surface area (Å²) in [6.45, 7) is 3.33. The van der Waals surface area contributed by atoms with Gasteiger partial charge in [-0.05, 0) is 31.0 Å². The lowest BCUT2D eigenvalue weighted by Gasteiger charge is -2.27. The molecule has 1 heterocycles. The minimum Gasteiger partial charge on any atom is -0.356 e. The van der Waals surface area contributed by atoms with Crippen LogP contribution in [0.5, 0.6) is 0 Å². The molecule has 0 radical (unpaired) electrons. The van der Waals surface area contributed by atoms with E-state index in [1.165, 1.54) is 6.92 Å². The molecule has 2 rings (SSSR count). The summed E-state index contributed by atoms with van der Waals surface area (Å²) in [4.78, 5) is 12.8. The molecule has 1 amide bonds. The monoisotopic (exact) mass is 344 g/mol. The van der Waals surface area contributed by atoms with E-state index in [0.29, 0.717) is 26.1 Å². The van der Waals surface area contributed by atoms with E-state index < -0.39 is 17.6 Å². The second kappa shape index (κ2) is 7.79. The molecule has 0 fully saturated rings. The molecule has 7 heteroatoms. The van der Waals surface area contributed by atoms with Crippen molar-refractivity contribution >= 4 is 5.91 Å². The van der Waals surface area contributed by atoms with Crippen molar-refractivity contribution in [1.29, 1.82) is 0 Å². The fourth-order valence-corrected chi connectivity index (χ4v) is 2.71. The fourth-order valence-electron chi connectivity index (χ4n) is 2.71. The van der Waals surface area contributed by atoms with Crippen molar-refractivity contribution in [3.05, 3.63) is 46.8 Å². The molecule has 0 atom stereocenters. The Bertz CT molecular complexity index is 626. The predicted molar refractivity (Wildman–Crippen MR) is 82.7 cm³/mol. The highest BCUT2D eigenvalue weighted by Gasteiger charge is 2.31. The molecule has 0 aromatic heterocycles. The second-order valence-corrected chi connectivity index (χ2v) is 5.90. The Kier molecular flexibility index (Phi) is 5.99. The molecule has 1 N–H and O–H groups in total. The third kappa shape index (κ3) is 5.33. The number of nitrogens with zero attached hydrogens (tertiary/aromatic N) is 1. The van der Waals surface area contributed by atoms with E-state index in [2.05, 4.69) is 11.4 Å². The average Bonchev–Trinajstić information content (AvgIpc) is 2.48. The quantitative estimate of drug-likeness (QED) is 0.655. The Balaban J connectivity index is 1.99. The normalized spacial score (nSPS) is 16.0. The Morgan fingerprint density at radius 2 is 2.08 bits per heavy atom. The van der Waals surface area contributed by atoms with Crippen LogP contribution in [0, 0.1) is 5.82 Å². The van der Waals surface area contributed by atoms with Crippen molar-refractivity contribution in [3.63, 3.8) is 0 Å². The number of halogens is 4. The molecule has 1 aromatic carbocycles. The standard InChI is InChI=1S/C17H20F4N2O/c1-12(24)22-7-6-13-3-2-8-23(10-13)11-14-9-15(17(19,20)21)4-5-16(14)18/h3-5,9H,2,6-8,10-11H2,1H3,(H,22,24). The molecule has 0 unspecified atom stereocenters. The summed E-state index contributed by atoms with van der Waals surface area (Å²) >= 11 is 0. The summed E-state index contributed by atoms with van der Waals surface area (Å²) in [6.07, 6.45) is -0.967. The van der Waals surface area contributed by atoms with Gasteiger partial charge >= 0.3 is 6.18 Å². The number of hydrogen-bond acceptors (Lipinski definition) is 2. The number of carbonyl (C=O) groups excluding carboxylic acids is 1. The Morgan fingerprint density at radius 1 is 1.33 bits per heavy atom. The minimum absolute atomic E-state index is 0.0490. The van der Waals surface area contributed by atoms with Crippen molar-refractivity contribution in [2.24, 2.45) is 0 Å². The van der Waals surface area contributed by atoms with Crippen LogP contribution >= 0.6 is 0 Å². The van der Waals surface area contributed by atoms with Crippen LogP contribution in [0.15, 0.2) is 29.8 Å². The van der Waals surface area contributed by atoms with Crippen LogP contribution in [0.3, 0.4) is 0 Å². The van der Waals surface area contributed by atoms with Crippen molar-refractivity contribution in [3.8, 4) is 0 Å². The lowest BCUT2D eigenvalue weighted by atomic mass is 10.0. The van der Waals surface area contributed by atoms with Crippen molar-refractivity contribution < 1.29 is 22.4 Å². The second-order valence-electron chi connectivity index (χ2n) is 5.90. The van der Waals surface area contributed by atoms with Crippen LogP contribution in [0.2, 0.25) is 0 Å². The number of hydrogen-bond donors (Lipinski definition) is 1. The highest BCUT2D eigenvalue weighted by atomic mass is 19.4. The van der Waals surface area contributed by atoms with Gasteiger partial charge in [0.2, 0.25) is 5.91 Å². The Morgan fingerprint density at radius 3 is 2.75 bits per heavy atom. The summed E-state index contributed by atoms with van der Waals surface area (Å²) in [5.74, 6) is -0.730. The zero-order chi connectivity index (χ0) is 17.7. The van der Waals surface area contributed by atoms with Gasteiger partial charge in [-0.2, -0.15) is 13.2 Å². The molecule has 1 aliphatic heterocycles. The maximum Gasteiger partial charge on any atom is 0.416 e. The van der Waals surface area contributed by atoms with Crippen molar-refractivity contribution in [2.75, 3.05) is 19.6 Å². The average molecular weight is 344 g/mol. The molecule has 0 aliphatic carbocycles. The maximum absolute atomic E-state index is 13.8. The smallest absolute Gasteiger partial charge is 0.356 e. The lowest BCUT2D eigenvalue weighted by Crippen LogP contribution is -2.31.